The Hall–Kier alpha value is -1.92. The predicted octanol–water partition coefficient (Wildman–Crippen LogP) is 2.28. The van der Waals surface area contributed by atoms with Crippen LogP contribution in [0.3, 0.4) is 0 Å². The predicted molar refractivity (Wildman–Crippen MR) is 88.7 cm³/mol. The summed E-state index contributed by atoms with van der Waals surface area (Å²) in [5.74, 6) is -0.213. The van der Waals surface area contributed by atoms with E-state index < -0.39 is 0 Å². The molecule has 1 amide bonds. The molecule has 1 unspecified atom stereocenters. The summed E-state index contributed by atoms with van der Waals surface area (Å²) >= 11 is 1.35. The second kappa shape index (κ2) is 9.27. The molecule has 6 heteroatoms. The molecule has 1 atom stereocenters. The third-order valence-corrected chi connectivity index (χ3v) is 4.27. The maximum Gasteiger partial charge on any atom is 0.230 e. The first-order valence-electron chi connectivity index (χ1n) is 7.33. The van der Waals surface area contributed by atoms with Gasteiger partial charge in [-0.05, 0) is 42.8 Å². The van der Waals surface area contributed by atoms with Crippen LogP contribution in [0.2, 0.25) is 0 Å². The molecule has 2 aromatic rings. The van der Waals surface area contributed by atoms with E-state index in [4.69, 9.17) is 0 Å². The van der Waals surface area contributed by atoms with Crippen LogP contribution in [0.25, 0.3) is 0 Å². The highest BCUT2D eigenvalue weighted by atomic mass is 32.2. The number of amides is 1. The number of carbonyl (C=O) groups excluding carboxylic acids is 1. The summed E-state index contributed by atoms with van der Waals surface area (Å²) in [7, 11) is 0. The summed E-state index contributed by atoms with van der Waals surface area (Å²) in [5.41, 5.74) is 0.890. The summed E-state index contributed by atoms with van der Waals surface area (Å²) in [4.78, 5) is 16.9. The number of benzene rings is 1. The molecule has 1 aromatic carbocycles. The minimum absolute atomic E-state index is 0.0119. The van der Waals surface area contributed by atoms with E-state index >= 15 is 0 Å². The Bertz CT molecular complexity index is 608. The maximum absolute atomic E-state index is 12.8. The van der Waals surface area contributed by atoms with Crippen LogP contribution in [-0.2, 0) is 11.2 Å². The highest BCUT2D eigenvalue weighted by molar-refractivity contribution is 8.00. The Kier molecular flexibility index (Phi) is 7.03. The number of pyridine rings is 1. The van der Waals surface area contributed by atoms with Crippen molar-refractivity contribution in [1.82, 2.24) is 10.3 Å². The molecule has 0 bridgehead atoms. The molecule has 1 aromatic heterocycles. The van der Waals surface area contributed by atoms with Crippen LogP contribution in [-0.4, -0.2) is 34.9 Å². The van der Waals surface area contributed by atoms with Crippen LogP contribution in [0.4, 0.5) is 4.39 Å². The fourth-order valence-corrected chi connectivity index (χ4v) is 2.73. The van der Waals surface area contributed by atoms with Crippen molar-refractivity contribution in [2.75, 3.05) is 18.9 Å². The van der Waals surface area contributed by atoms with Crippen molar-refractivity contribution in [3.63, 3.8) is 0 Å². The molecule has 0 aliphatic carbocycles. The zero-order valence-corrected chi connectivity index (χ0v) is 13.4. The first-order valence-corrected chi connectivity index (χ1v) is 8.31. The normalized spacial score (nSPS) is 11.9. The summed E-state index contributed by atoms with van der Waals surface area (Å²) in [6, 6.07) is 11.7. The number of thioether (sulfide) groups is 1. The number of rotatable bonds is 8. The lowest BCUT2D eigenvalue weighted by Crippen LogP contribution is -2.33. The van der Waals surface area contributed by atoms with E-state index in [-0.39, 0.29) is 30.0 Å². The second-order valence-corrected chi connectivity index (χ2v) is 6.17. The number of nitrogens with zero attached hydrogens (tertiary/aromatic N) is 1. The Labute approximate surface area is 139 Å². The molecule has 0 aliphatic rings. The quantitative estimate of drug-likeness (QED) is 0.727. The van der Waals surface area contributed by atoms with Gasteiger partial charge in [0.25, 0.3) is 0 Å². The standard InChI is InChI=1S/C17H19FN2O2S/c18-14-4-6-16(7-5-14)23-12-17(22)20-10-13(11-21)9-15-3-1-2-8-19-15/h1-8,13,21H,9-12H2,(H,20,22). The van der Waals surface area contributed by atoms with Gasteiger partial charge in [-0.3, -0.25) is 9.78 Å². The molecule has 0 saturated carbocycles. The van der Waals surface area contributed by atoms with Crippen LogP contribution < -0.4 is 5.32 Å². The lowest BCUT2D eigenvalue weighted by molar-refractivity contribution is -0.118. The van der Waals surface area contributed by atoms with Gasteiger partial charge in [0.05, 0.1) is 5.75 Å². The molecule has 122 valence electrons. The van der Waals surface area contributed by atoms with E-state index in [0.29, 0.717) is 13.0 Å². The summed E-state index contributed by atoms with van der Waals surface area (Å²) < 4.78 is 12.8. The SMILES string of the molecule is O=C(CSc1ccc(F)cc1)NCC(CO)Cc1ccccn1. The summed E-state index contributed by atoms with van der Waals surface area (Å²) in [6.45, 7) is 0.387. The van der Waals surface area contributed by atoms with Gasteiger partial charge in [-0.2, -0.15) is 0 Å². The number of aliphatic hydroxyl groups excluding tert-OH is 1. The molecular weight excluding hydrogens is 315 g/mol. The number of halogens is 1. The van der Waals surface area contributed by atoms with Gasteiger partial charge in [0.2, 0.25) is 5.91 Å². The molecule has 2 rings (SSSR count). The lowest BCUT2D eigenvalue weighted by Gasteiger charge is -2.14. The number of aromatic nitrogens is 1. The Morgan fingerprint density at radius 1 is 1.26 bits per heavy atom. The minimum Gasteiger partial charge on any atom is -0.396 e. The van der Waals surface area contributed by atoms with Crippen molar-refractivity contribution < 1.29 is 14.3 Å². The van der Waals surface area contributed by atoms with Gasteiger partial charge >= 0.3 is 0 Å². The van der Waals surface area contributed by atoms with Crippen LogP contribution >= 0.6 is 11.8 Å². The number of aliphatic hydroxyl groups is 1. The van der Waals surface area contributed by atoms with E-state index in [1.807, 2.05) is 18.2 Å². The smallest absolute Gasteiger partial charge is 0.230 e. The van der Waals surface area contributed by atoms with Crippen molar-refractivity contribution in [3.8, 4) is 0 Å². The molecule has 1 heterocycles. The molecule has 0 spiro atoms. The second-order valence-electron chi connectivity index (χ2n) is 5.12. The fraction of sp³-hybridized carbons (Fsp3) is 0.294. The van der Waals surface area contributed by atoms with Crippen molar-refractivity contribution in [2.45, 2.75) is 11.3 Å². The van der Waals surface area contributed by atoms with Crippen LogP contribution in [0.1, 0.15) is 5.69 Å². The minimum atomic E-state index is -0.292. The average molecular weight is 334 g/mol. The number of hydrogen-bond donors (Lipinski definition) is 2. The fourth-order valence-electron chi connectivity index (χ4n) is 2.00. The van der Waals surface area contributed by atoms with E-state index in [0.717, 1.165) is 10.6 Å². The molecule has 23 heavy (non-hydrogen) atoms. The van der Waals surface area contributed by atoms with E-state index in [1.54, 1.807) is 18.3 Å². The summed E-state index contributed by atoms with van der Waals surface area (Å²) in [6.07, 6.45) is 2.32. The van der Waals surface area contributed by atoms with Gasteiger partial charge in [-0.15, -0.1) is 11.8 Å². The van der Waals surface area contributed by atoms with Gasteiger partial charge < -0.3 is 10.4 Å². The van der Waals surface area contributed by atoms with Gasteiger partial charge in [-0.1, -0.05) is 6.07 Å². The van der Waals surface area contributed by atoms with Gasteiger partial charge in [0, 0.05) is 35.9 Å². The van der Waals surface area contributed by atoms with Crippen molar-refractivity contribution >= 4 is 17.7 Å². The third kappa shape index (κ3) is 6.38. The molecule has 4 nitrogen and oxygen atoms in total. The molecule has 0 aliphatic heterocycles. The topological polar surface area (TPSA) is 62.2 Å². The Morgan fingerprint density at radius 3 is 2.70 bits per heavy atom. The van der Waals surface area contributed by atoms with Crippen molar-refractivity contribution in [3.05, 3.63) is 60.2 Å². The Balaban J connectivity index is 1.72. The third-order valence-electron chi connectivity index (χ3n) is 3.25. The molecular formula is C17H19FN2O2S. The molecule has 0 radical (unpaired) electrons. The van der Waals surface area contributed by atoms with Gasteiger partial charge in [-0.25, -0.2) is 4.39 Å². The molecule has 2 N–H and O–H groups in total. The highest BCUT2D eigenvalue weighted by Crippen LogP contribution is 2.17. The Morgan fingerprint density at radius 2 is 2.04 bits per heavy atom. The highest BCUT2D eigenvalue weighted by Gasteiger charge is 2.11. The van der Waals surface area contributed by atoms with E-state index in [1.165, 1.54) is 23.9 Å². The number of carbonyl (C=O) groups is 1. The zero-order valence-electron chi connectivity index (χ0n) is 12.6. The van der Waals surface area contributed by atoms with Gasteiger partial charge in [0.1, 0.15) is 5.82 Å². The van der Waals surface area contributed by atoms with Crippen molar-refractivity contribution in [2.24, 2.45) is 5.92 Å². The lowest BCUT2D eigenvalue weighted by atomic mass is 10.0. The molecule has 0 saturated heterocycles. The first kappa shape index (κ1) is 17.4. The summed E-state index contributed by atoms with van der Waals surface area (Å²) in [5, 5.41) is 12.2. The zero-order chi connectivity index (χ0) is 16.5. The number of nitrogens with one attached hydrogen (secondary N) is 1. The van der Waals surface area contributed by atoms with Crippen LogP contribution in [0.5, 0.6) is 0 Å². The van der Waals surface area contributed by atoms with Crippen LogP contribution in [0, 0.1) is 11.7 Å². The van der Waals surface area contributed by atoms with Crippen molar-refractivity contribution in [1.29, 1.82) is 0 Å². The first-order chi connectivity index (χ1) is 11.2. The van der Waals surface area contributed by atoms with E-state index in [9.17, 15) is 14.3 Å². The number of hydrogen-bond acceptors (Lipinski definition) is 4. The van der Waals surface area contributed by atoms with Crippen LogP contribution in [0.15, 0.2) is 53.6 Å². The monoisotopic (exact) mass is 334 g/mol. The van der Waals surface area contributed by atoms with E-state index in [2.05, 4.69) is 10.3 Å². The molecule has 0 fully saturated rings. The maximum atomic E-state index is 12.8. The van der Waals surface area contributed by atoms with Gasteiger partial charge in [0.15, 0.2) is 0 Å². The largest absolute Gasteiger partial charge is 0.396 e. The average Bonchev–Trinajstić information content (AvgIpc) is 2.59.